The first kappa shape index (κ1) is 16.6. The van der Waals surface area contributed by atoms with E-state index in [0.717, 1.165) is 28.0 Å². The number of thioether (sulfide) groups is 1. The van der Waals surface area contributed by atoms with Gasteiger partial charge in [0.2, 0.25) is 0 Å². The van der Waals surface area contributed by atoms with Gasteiger partial charge in [-0.05, 0) is 48.1 Å². The highest BCUT2D eigenvalue weighted by atomic mass is 32.2. The van der Waals surface area contributed by atoms with Crippen molar-refractivity contribution in [3.05, 3.63) is 54.1 Å². The van der Waals surface area contributed by atoms with Crippen LogP contribution in [0.25, 0.3) is 17.1 Å². The van der Waals surface area contributed by atoms with Crippen LogP contribution in [-0.4, -0.2) is 28.1 Å². The predicted molar refractivity (Wildman–Crippen MR) is 99.2 cm³/mol. The van der Waals surface area contributed by atoms with Crippen LogP contribution in [0, 0.1) is 0 Å². The van der Waals surface area contributed by atoms with E-state index in [0.29, 0.717) is 5.92 Å². The topological polar surface area (TPSA) is 39.9 Å². The molecular formula is C19H21N3OS. The number of aromatic nitrogens is 3. The molecule has 1 heterocycles. The van der Waals surface area contributed by atoms with Crippen molar-refractivity contribution in [1.82, 2.24) is 14.8 Å². The molecule has 3 rings (SSSR count). The Morgan fingerprint density at radius 3 is 2.33 bits per heavy atom. The number of hydrogen-bond donors (Lipinski definition) is 0. The van der Waals surface area contributed by atoms with Gasteiger partial charge in [-0.15, -0.1) is 10.2 Å². The number of para-hydroxylation sites is 1. The third-order valence-corrected chi connectivity index (χ3v) is 4.59. The number of methoxy groups -OCH3 is 1. The van der Waals surface area contributed by atoms with Crippen LogP contribution in [0.15, 0.2) is 53.7 Å². The Labute approximate surface area is 146 Å². The summed E-state index contributed by atoms with van der Waals surface area (Å²) < 4.78 is 7.39. The summed E-state index contributed by atoms with van der Waals surface area (Å²) >= 11 is 1.60. The Hall–Kier alpha value is -2.27. The highest BCUT2D eigenvalue weighted by Crippen LogP contribution is 2.31. The van der Waals surface area contributed by atoms with E-state index in [1.807, 2.05) is 30.5 Å². The van der Waals surface area contributed by atoms with Crippen molar-refractivity contribution in [2.24, 2.45) is 0 Å². The molecule has 24 heavy (non-hydrogen) atoms. The largest absolute Gasteiger partial charge is 0.497 e. The molecule has 0 fully saturated rings. The van der Waals surface area contributed by atoms with E-state index in [1.54, 1.807) is 18.9 Å². The highest BCUT2D eigenvalue weighted by molar-refractivity contribution is 7.98. The molecule has 0 radical (unpaired) electrons. The first-order valence-electron chi connectivity index (χ1n) is 7.88. The van der Waals surface area contributed by atoms with Gasteiger partial charge < -0.3 is 4.74 Å². The third-order valence-electron chi connectivity index (χ3n) is 3.96. The van der Waals surface area contributed by atoms with Crippen molar-refractivity contribution in [2.75, 3.05) is 13.4 Å². The van der Waals surface area contributed by atoms with E-state index >= 15 is 0 Å². The molecule has 0 N–H and O–H groups in total. The quantitative estimate of drug-likeness (QED) is 0.627. The molecule has 2 aromatic carbocycles. The van der Waals surface area contributed by atoms with Crippen LogP contribution >= 0.6 is 11.8 Å². The summed E-state index contributed by atoms with van der Waals surface area (Å²) in [6.45, 7) is 4.41. The molecule has 0 saturated heterocycles. The van der Waals surface area contributed by atoms with Crippen LogP contribution in [-0.2, 0) is 0 Å². The normalized spacial score (nSPS) is 11.0. The monoisotopic (exact) mass is 339 g/mol. The van der Waals surface area contributed by atoms with Crippen LogP contribution < -0.4 is 4.74 Å². The van der Waals surface area contributed by atoms with Crippen molar-refractivity contribution in [3.8, 4) is 22.8 Å². The molecule has 4 nitrogen and oxygen atoms in total. The van der Waals surface area contributed by atoms with Crippen LogP contribution in [0.4, 0.5) is 0 Å². The van der Waals surface area contributed by atoms with Crippen molar-refractivity contribution in [2.45, 2.75) is 24.9 Å². The summed E-state index contributed by atoms with van der Waals surface area (Å²) in [6, 6.07) is 16.4. The number of ether oxygens (including phenoxy) is 1. The molecule has 0 bridgehead atoms. The van der Waals surface area contributed by atoms with Crippen LogP contribution in [0.5, 0.6) is 5.75 Å². The maximum absolute atomic E-state index is 5.25. The summed E-state index contributed by atoms with van der Waals surface area (Å²) in [5.74, 6) is 2.09. The zero-order chi connectivity index (χ0) is 17.1. The summed E-state index contributed by atoms with van der Waals surface area (Å²) in [4.78, 5) is 0. The van der Waals surface area contributed by atoms with E-state index in [4.69, 9.17) is 4.74 Å². The van der Waals surface area contributed by atoms with Gasteiger partial charge in [0, 0.05) is 5.56 Å². The fourth-order valence-corrected chi connectivity index (χ4v) is 3.22. The fourth-order valence-electron chi connectivity index (χ4n) is 2.73. The van der Waals surface area contributed by atoms with Gasteiger partial charge in [0.25, 0.3) is 0 Å². The first-order chi connectivity index (χ1) is 11.7. The summed E-state index contributed by atoms with van der Waals surface area (Å²) in [6.07, 6.45) is 2.02. The minimum Gasteiger partial charge on any atom is -0.497 e. The predicted octanol–water partition coefficient (Wildman–Crippen LogP) is 4.79. The lowest BCUT2D eigenvalue weighted by Crippen LogP contribution is -2.04. The fraction of sp³-hybridized carbons (Fsp3) is 0.263. The number of benzene rings is 2. The Morgan fingerprint density at radius 1 is 1.00 bits per heavy atom. The molecule has 0 spiro atoms. The Kier molecular flexibility index (Phi) is 4.90. The molecular weight excluding hydrogens is 318 g/mol. The summed E-state index contributed by atoms with van der Waals surface area (Å²) in [7, 11) is 1.67. The van der Waals surface area contributed by atoms with Gasteiger partial charge in [-0.2, -0.15) is 0 Å². The second kappa shape index (κ2) is 7.09. The van der Waals surface area contributed by atoms with Gasteiger partial charge in [0.05, 0.1) is 12.8 Å². The Morgan fingerprint density at radius 2 is 1.71 bits per heavy atom. The smallest absolute Gasteiger partial charge is 0.195 e. The van der Waals surface area contributed by atoms with Crippen molar-refractivity contribution in [1.29, 1.82) is 0 Å². The Balaban J connectivity index is 2.19. The molecule has 3 aromatic rings. The molecule has 5 heteroatoms. The molecule has 0 amide bonds. The lowest BCUT2D eigenvalue weighted by Gasteiger charge is -2.16. The summed E-state index contributed by atoms with van der Waals surface area (Å²) in [5, 5.41) is 9.70. The average molecular weight is 339 g/mol. The second-order valence-electron chi connectivity index (χ2n) is 5.79. The van der Waals surface area contributed by atoms with E-state index in [9.17, 15) is 0 Å². The number of nitrogens with zero attached hydrogens (tertiary/aromatic N) is 3. The van der Waals surface area contributed by atoms with Gasteiger partial charge in [0.1, 0.15) is 5.75 Å². The van der Waals surface area contributed by atoms with Gasteiger partial charge >= 0.3 is 0 Å². The lowest BCUT2D eigenvalue weighted by atomic mass is 10.0. The number of rotatable bonds is 5. The van der Waals surface area contributed by atoms with E-state index < -0.39 is 0 Å². The molecule has 0 aliphatic carbocycles. The maximum atomic E-state index is 5.25. The minimum atomic E-state index is 0.419. The van der Waals surface area contributed by atoms with Crippen LogP contribution in [0.3, 0.4) is 0 Å². The van der Waals surface area contributed by atoms with Crippen LogP contribution in [0.1, 0.15) is 25.3 Å². The van der Waals surface area contributed by atoms with Gasteiger partial charge in [-0.1, -0.05) is 43.8 Å². The van der Waals surface area contributed by atoms with Crippen molar-refractivity contribution >= 4 is 11.8 Å². The molecule has 0 aliphatic heterocycles. The zero-order valence-corrected chi connectivity index (χ0v) is 15.2. The lowest BCUT2D eigenvalue weighted by molar-refractivity contribution is 0.415. The van der Waals surface area contributed by atoms with Gasteiger partial charge in [-0.25, -0.2) is 0 Å². The molecule has 0 atom stereocenters. The Bertz CT molecular complexity index is 825. The number of hydrogen-bond acceptors (Lipinski definition) is 4. The van der Waals surface area contributed by atoms with Crippen molar-refractivity contribution < 1.29 is 4.74 Å². The van der Waals surface area contributed by atoms with Gasteiger partial charge in [0.15, 0.2) is 11.0 Å². The highest BCUT2D eigenvalue weighted by Gasteiger charge is 2.18. The molecule has 0 unspecified atom stereocenters. The zero-order valence-electron chi connectivity index (χ0n) is 14.4. The average Bonchev–Trinajstić information content (AvgIpc) is 3.05. The second-order valence-corrected chi connectivity index (χ2v) is 6.56. The van der Waals surface area contributed by atoms with Gasteiger partial charge in [-0.3, -0.25) is 4.57 Å². The van der Waals surface area contributed by atoms with Crippen molar-refractivity contribution in [3.63, 3.8) is 0 Å². The van der Waals surface area contributed by atoms with E-state index in [-0.39, 0.29) is 0 Å². The van der Waals surface area contributed by atoms with E-state index in [2.05, 4.69) is 52.9 Å². The van der Waals surface area contributed by atoms with E-state index in [1.165, 1.54) is 5.56 Å². The van der Waals surface area contributed by atoms with Crippen LogP contribution in [0.2, 0.25) is 0 Å². The summed E-state index contributed by atoms with van der Waals surface area (Å²) in [5.41, 5.74) is 3.43. The third kappa shape index (κ3) is 3.04. The first-order valence-corrected chi connectivity index (χ1v) is 9.11. The molecule has 0 aliphatic rings. The molecule has 0 saturated carbocycles. The minimum absolute atomic E-state index is 0.419. The molecule has 124 valence electrons. The standard InChI is InChI=1S/C19H21N3OS/c1-13(2)16-7-5-6-8-17(16)22-18(20-21-19(22)24-4)14-9-11-15(23-3)12-10-14/h5-13H,1-4H3. The molecule has 1 aromatic heterocycles. The maximum Gasteiger partial charge on any atom is 0.195 e. The SMILES string of the molecule is COc1ccc(-c2nnc(SC)n2-c2ccccc2C(C)C)cc1.